The van der Waals surface area contributed by atoms with Gasteiger partial charge in [0.25, 0.3) is 0 Å². The molecule has 0 fully saturated rings. The maximum absolute atomic E-state index is 11.7. The Balaban J connectivity index is 1.85. The van der Waals surface area contributed by atoms with Crippen molar-refractivity contribution in [1.29, 1.82) is 0 Å². The van der Waals surface area contributed by atoms with Crippen molar-refractivity contribution in [2.24, 2.45) is 7.05 Å². The van der Waals surface area contributed by atoms with E-state index in [4.69, 9.17) is 16.3 Å². The Morgan fingerprint density at radius 1 is 1.44 bits per heavy atom. The minimum atomic E-state index is -0.0197. The maximum atomic E-state index is 11.7. The summed E-state index contributed by atoms with van der Waals surface area (Å²) in [6, 6.07) is 8.79. The SMILES string of the molecule is Cn1ccc(CC(=O)COc2cccc(Cl)c2)n1. The van der Waals surface area contributed by atoms with Crippen molar-refractivity contribution in [3.05, 3.63) is 47.2 Å². The van der Waals surface area contributed by atoms with Gasteiger partial charge >= 0.3 is 0 Å². The van der Waals surface area contributed by atoms with E-state index < -0.39 is 0 Å². The normalized spacial score (nSPS) is 10.3. The fraction of sp³-hybridized carbons (Fsp3) is 0.231. The van der Waals surface area contributed by atoms with Crippen LogP contribution in [0.2, 0.25) is 5.02 Å². The fourth-order valence-electron chi connectivity index (χ4n) is 1.53. The van der Waals surface area contributed by atoms with Gasteiger partial charge in [0.15, 0.2) is 5.78 Å². The molecule has 0 aliphatic rings. The van der Waals surface area contributed by atoms with Gasteiger partial charge in [-0.15, -0.1) is 0 Å². The molecule has 0 bridgehead atoms. The number of halogens is 1. The van der Waals surface area contributed by atoms with E-state index in [1.165, 1.54) is 0 Å². The van der Waals surface area contributed by atoms with E-state index in [9.17, 15) is 4.79 Å². The number of ketones is 1. The number of ether oxygens (including phenoxy) is 1. The number of hydrogen-bond acceptors (Lipinski definition) is 3. The first-order valence-electron chi connectivity index (χ1n) is 5.52. The molecule has 0 aliphatic heterocycles. The predicted molar refractivity (Wildman–Crippen MR) is 68.9 cm³/mol. The molecule has 94 valence electrons. The topological polar surface area (TPSA) is 44.1 Å². The number of carbonyl (C=O) groups is 1. The average molecular weight is 265 g/mol. The Hall–Kier alpha value is -1.81. The lowest BCUT2D eigenvalue weighted by Crippen LogP contribution is -2.14. The third kappa shape index (κ3) is 3.60. The molecule has 0 atom stereocenters. The molecule has 1 aromatic carbocycles. The number of benzene rings is 1. The molecule has 0 unspecified atom stereocenters. The van der Waals surface area contributed by atoms with Crippen molar-refractivity contribution in [3.63, 3.8) is 0 Å². The van der Waals surface area contributed by atoms with Crippen LogP contribution in [0, 0.1) is 0 Å². The molecule has 18 heavy (non-hydrogen) atoms. The zero-order valence-corrected chi connectivity index (χ0v) is 10.7. The third-order valence-electron chi connectivity index (χ3n) is 2.34. The van der Waals surface area contributed by atoms with Crippen LogP contribution in [-0.2, 0) is 18.3 Å². The maximum Gasteiger partial charge on any atom is 0.176 e. The molecule has 5 heteroatoms. The van der Waals surface area contributed by atoms with Gasteiger partial charge in [0.05, 0.1) is 12.1 Å². The first-order valence-corrected chi connectivity index (χ1v) is 5.90. The molecule has 4 nitrogen and oxygen atoms in total. The first-order chi connectivity index (χ1) is 8.63. The lowest BCUT2D eigenvalue weighted by atomic mass is 10.2. The number of Topliss-reactive ketones (excluding diaryl/α,β-unsaturated/α-hetero) is 1. The molecule has 2 rings (SSSR count). The largest absolute Gasteiger partial charge is 0.486 e. The van der Waals surface area contributed by atoms with Gasteiger partial charge in [-0.1, -0.05) is 17.7 Å². The number of aromatic nitrogens is 2. The summed E-state index contributed by atoms with van der Waals surface area (Å²) in [4.78, 5) is 11.7. The van der Waals surface area contributed by atoms with E-state index in [0.717, 1.165) is 5.69 Å². The van der Waals surface area contributed by atoms with Crippen LogP contribution >= 0.6 is 11.6 Å². The molecule has 0 spiro atoms. The Kier molecular flexibility index (Phi) is 3.99. The van der Waals surface area contributed by atoms with Crippen LogP contribution in [-0.4, -0.2) is 22.2 Å². The molecule has 0 saturated carbocycles. The van der Waals surface area contributed by atoms with Crippen molar-refractivity contribution in [2.45, 2.75) is 6.42 Å². The number of hydrogen-bond donors (Lipinski definition) is 0. The summed E-state index contributed by atoms with van der Waals surface area (Å²) in [7, 11) is 1.82. The first kappa shape index (κ1) is 12.6. The van der Waals surface area contributed by atoms with Gasteiger partial charge in [-0.05, 0) is 24.3 Å². The van der Waals surface area contributed by atoms with Crippen LogP contribution in [0.5, 0.6) is 5.75 Å². The van der Waals surface area contributed by atoms with Gasteiger partial charge in [-0.2, -0.15) is 5.10 Å². The highest BCUT2D eigenvalue weighted by atomic mass is 35.5. The second-order valence-corrected chi connectivity index (χ2v) is 4.38. The van der Waals surface area contributed by atoms with Crippen molar-refractivity contribution in [1.82, 2.24) is 9.78 Å². The molecule has 0 aliphatic carbocycles. The molecule has 0 N–H and O–H groups in total. The van der Waals surface area contributed by atoms with E-state index in [1.54, 1.807) is 35.1 Å². The Bertz CT molecular complexity index is 551. The summed E-state index contributed by atoms with van der Waals surface area (Å²) >= 11 is 5.82. The van der Waals surface area contributed by atoms with Crippen LogP contribution in [0.1, 0.15) is 5.69 Å². The minimum Gasteiger partial charge on any atom is -0.486 e. The van der Waals surface area contributed by atoms with Gasteiger partial charge in [-0.25, -0.2) is 0 Å². The lowest BCUT2D eigenvalue weighted by molar-refractivity contribution is -0.120. The molecule has 2 aromatic rings. The van der Waals surface area contributed by atoms with Crippen molar-refractivity contribution < 1.29 is 9.53 Å². The summed E-state index contributed by atoms with van der Waals surface area (Å²) < 4.78 is 7.03. The van der Waals surface area contributed by atoms with E-state index in [2.05, 4.69) is 5.10 Å². The number of aryl methyl sites for hydroxylation is 1. The highest BCUT2D eigenvalue weighted by Gasteiger charge is 2.07. The Morgan fingerprint density at radius 3 is 2.94 bits per heavy atom. The van der Waals surface area contributed by atoms with E-state index in [1.807, 2.05) is 13.1 Å². The molecule has 0 saturated heterocycles. The zero-order valence-electron chi connectivity index (χ0n) is 9.97. The van der Waals surface area contributed by atoms with Gasteiger partial charge < -0.3 is 4.74 Å². The second-order valence-electron chi connectivity index (χ2n) is 3.94. The lowest BCUT2D eigenvalue weighted by Gasteiger charge is -2.04. The highest BCUT2D eigenvalue weighted by Crippen LogP contribution is 2.17. The number of rotatable bonds is 5. The van der Waals surface area contributed by atoms with Crippen molar-refractivity contribution in [3.8, 4) is 5.75 Å². The Morgan fingerprint density at radius 2 is 2.28 bits per heavy atom. The summed E-state index contributed by atoms with van der Waals surface area (Å²) in [5, 5.41) is 4.73. The van der Waals surface area contributed by atoms with Crippen LogP contribution in [0.3, 0.4) is 0 Å². The number of carbonyl (C=O) groups excluding carboxylic acids is 1. The predicted octanol–water partition coefficient (Wildman–Crippen LogP) is 2.26. The molecule has 0 radical (unpaired) electrons. The summed E-state index contributed by atoms with van der Waals surface area (Å²) in [6.45, 7) is 0.0247. The molecular weight excluding hydrogens is 252 g/mol. The van der Waals surface area contributed by atoms with Crippen molar-refractivity contribution >= 4 is 17.4 Å². The van der Waals surface area contributed by atoms with Crippen LogP contribution in [0.25, 0.3) is 0 Å². The third-order valence-corrected chi connectivity index (χ3v) is 2.58. The van der Waals surface area contributed by atoms with Crippen LogP contribution < -0.4 is 4.74 Å². The van der Waals surface area contributed by atoms with Crippen molar-refractivity contribution in [2.75, 3.05) is 6.61 Å². The molecule has 0 amide bonds. The average Bonchev–Trinajstić information content (AvgIpc) is 2.72. The Labute approximate surface area is 110 Å². The monoisotopic (exact) mass is 264 g/mol. The smallest absolute Gasteiger partial charge is 0.176 e. The van der Waals surface area contributed by atoms with Crippen LogP contribution in [0.15, 0.2) is 36.5 Å². The summed E-state index contributed by atoms with van der Waals surface area (Å²) in [6.07, 6.45) is 2.09. The van der Waals surface area contributed by atoms with Gasteiger partial charge in [0.2, 0.25) is 0 Å². The van der Waals surface area contributed by atoms with Gasteiger partial charge in [0, 0.05) is 18.3 Å². The van der Waals surface area contributed by atoms with E-state index in [-0.39, 0.29) is 18.8 Å². The second kappa shape index (κ2) is 5.69. The van der Waals surface area contributed by atoms with E-state index in [0.29, 0.717) is 10.8 Å². The van der Waals surface area contributed by atoms with E-state index >= 15 is 0 Å². The molecule has 1 aromatic heterocycles. The molecule has 1 heterocycles. The fourth-order valence-corrected chi connectivity index (χ4v) is 1.71. The highest BCUT2D eigenvalue weighted by molar-refractivity contribution is 6.30. The summed E-state index contributed by atoms with van der Waals surface area (Å²) in [5.41, 5.74) is 0.747. The number of nitrogens with zero attached hydrogens (tertiary/aromatic N) is 2. The minimum absolute atomic E-state index is 0.0197. The van der Waals surface area contributed by atoms with Gasteiger partial charge in [-0.3, -0.25) is 9.48 Å². The zero-order chi connectivity index (χ0) is 13.0. The van der Waals surface area contributed by atoms with Crippen LogP contribution in [0.4, 0.5) is 0 Å². The quantitative estimate of drug-likeness (QED) is 0.832. The standard InChI is InChI=1S/C13H13ClN2O2/c1-16-6-5-11(15-16)8-12(17)9-18-13-4-2-3-10(14)7-13/h2-7H,8-9H2,1H3. The summed E-state index contributed by atoms with van der Waals surface area (Å²) in [5.74, 6) is 0.575. The molecular formula is C13H13ClN2O2. The van der Waals surface area contributed by atoms with Gasteiger partial charge in [0.1, 0.15) is 12.4 Å².